The molecule has 0 radical (unpaired) electrons. The van der Waals surface area contributed by atoms with E-state index in [9.17, 15) is 0 Å². The minimum Gasteiger partial charge on any atom is -0.412 e. The smallest absolute Gasteiger partial charge is 0.184 e. The van der Waals surface area contributed by atoms with E-state index in [1.54, 1.807) is 0 Å². The van der Waals surface area contributed by atoms with Gasteiger partial charge in [-0.25, -0.2) is 0 Å². The van der Waals surface area contributed by atoms with Crippen LogP contribution in [0.5, 0.6) is 0 Å². The van der Waals surface area contributed by atoms with Crippen LogP contribution in [0.15, 0.2) is 0 Å². The summed E-state index contributed by atoms with van der Waals surface area (Å²) in [6.07, 6.45) is 2.79. The number of fused-ring (bicyclic) bond motifs is 1. The number of rotatable bonds is 3. The quantitative estimate of drug-likeness (QED) is 0.576. The fraction of sp³-hybridized carbons (Fsp3) is 0.867. The summed E-state index contributed by atoms with van der Waals surface area (Å²) >= 11 is 0. The maximum Gasteiger partial charge on any atom is 0.184 e. The third kappa shape index (κ3) is 2.99. The van der Waals surface area contributed by atoms with Gasteiger partial charge in [-0.3, -0.25) is 0 Å². The van der Waals surface area contributed by atoms with E-state index in [-0.39, 0.29) is 0 Å². The Morgan fingerprint density at radius 3 is 2.67 bits per heavy atom. The van der Waals surface area contributed by atoms with Crippen molar-refractivity contribution >= 4 is 8.32 Å². The molecule has 1 saturated heterocycles. The van der Waals surface area contributed by atoms with Crippen molar-refractivity contribution < 1.29 is 9.16 Å². The molecule has 102 valence electrons. The Hall–Kier alpha value is -0.303. The van der Waals surface area contributed by atoms with Crippen LogP contribution in [0.2, 0.25) is 19.6 Å². The molecule has 1 saturated carbocycles. The first-order valence-corrected chi connectivity index (χ1v) is 10.5. The molecule has 2 nitrogen and oxygen atoms in total. The topological polar surface area (TPSA) is 18.5 Å². The molecule has 0 unspecified atom stereocenters. The van der Waals surface area contributed by atoms with E-state index in [4.69, 9.17) is 9.16 Å². The second kappa shape index (κ2) is 5.36. The van der Waals surface area contributed by atoms with Gasteiger partial charge in [-0.2, -0.15) is 0 Å². The van der Waals surface area contributed by atoms with Crippen LogP contribution in [0.4, 0.5) is 0 Å². The van der Waals surface area contributed by atoms with Gasteiger partial charge >= 0.3 is 0 Å². The van der Waals surface area contributed by atoms with Gasteiger partial charge in [-0.05, 0) is 50.7 Å². The molecule has 0 aromatic heterocycles. The van der Waals surface area contributed by atoms with Gasteiger partial charge < -0.3 is 9.16 Å². The van der Waals surface area contributed by atoms with Crippen molar-refractivity contribution in [2.75, 3.05) is 6.61 Å². The van der Waals surface area contributed by atoms with Crippen LogP contribution < -0.4 is 0 Å². The third-order valence-corrected chi connectivity index (χ3v) is 5.09. The Morgan fingerprint density at radius 1 is 1.33 bits per heavy atom. The fourth-order valence-corrected chi connectivity index (χ4v) is 4.65. The normalized spacial score (nSPS) is 39.3. The van der Waals surface area contributed by atoms with Crippen molar-refractivity contribution in [3.63, 3.8) is 0 Å². The van der Waals surface area contributed by atoms with Crippen LogP contribution in [0.3, 0.4) is 0 Å². The molecule has 0 bridgehead atoms. The largest absolute Gasteiger partial charge is 0.412 e. The molecule has 0 aromatic carbocycles. The maximum absolute atomic E-state index is 6.34. The van der Waals surface area contributed by atoms with Gasteiger partial charge in [0.2, 0.25) is 0 Å². The van der Waals surface area contributed by atoms with E-state index in [0.717, 1.165) is 19.4 Å². The summed E-state index contributed by atoms with van der Waals surface area (Å²) in [6, 6.07) is 0. The highest BCUT2D eigenvalue weighted by Crippen LogP contribution is 2.46. The summed E-state index contributed by atoms with van der Waals surface area (Å²) in [5.74, 6) is 8.27. The molecule has 0 amide bonds. The molecular weight excluding hydrogens is 240 g/mol. The second-order valence-electron chi connectivity index (χ2n) is 6.75. The maximum atomic E-state index is 6.34. The van der Waals surface area contributed by atoms with Gasteiger partial charge in [0.25, 0.3) is 0 Å². The first-order chi connectivity index (χ1) is 8.42. The van der Waals surface area contributed by atoms with E-state index in [0.29, 0.717) is 30.0 Å². The molecule has 0 N–H and O–H groups in total. The van der Waals surface area contributed by atoms with E-state index in [1.807, 2.05) is 6.92 Å². The van der Waals surface area contributed by atoms with Gasteiger partial charge in [-0.15, -0.1) is 11.8 Å². The van der Waals surface area contributed by atoms with Crippen molar-refractivity contribution in [2.45, 2.75) is 58.5 Å². The zero-order chi connectivity index (χ0) is 13.3. The molecule has 0 aromatic rings. The predicted octanol–water partition coefficient (Wildman–Crippen LogP) is 3.29. The first-order valence-electron chi connectivity index (χ1n) is 7.11. The van der Waals surface area contributed by atoms with E-state index in [1.165, 1.54) is 0 Å². The van der Waals surface area contributed by atoms with Crippen LogP contribution in [0, 0.1) is 29.6 Å². The molecule has 2 rings (SSSR count). The van der Waals surface area contributed by atoms with Crippen LogP contribution in [0.25, 0.3) is 0 Å². The van der Waals surface area contributed by atoms with Crippen molar-refractivity contribution in [3.05, 3.63) is 0 Å². The summed E-state index contributed by atoms with van der Waals surface area (Å²) in [6.45, 7) is 11.9. The summed E-state index contributed by atoms with van der Waals surface area (Å²) in [5, 5.41) is 0. The molecule has 2 fully saturated rings. The number of hydrogen-bond donors (Lipinski definition) is 0. The highest BCUT2D eigenvalue weighted by atomic mass is 28.4. The molecular formula is C15H26O2Si. The Morgan fingerprint density at radius 2 is 2.06 bits per heavy atom. The summed E-state index contributed by atoms with van der Waals surface area (Å²) in [7, 11) is -1.48. The van der Waals surface area contributed by atoms with Gasteiger partial charge in [0, 0.05) is 6.42 Å². The lowest BCUT2D eigenvalue weighted by Gasteiger charge is -2.27. The summed E-state index contributed by atoms with van der Waals surface area (Å²) in [5.41, 5.74) is 0. The lowest BCUT2D eigenvalue weighted by Crippen LogP contribution is -2.37. The van der Waals surface area contributed by atoms with Crippen molar-refractivity contribution in [1.82, 2.24) is 0 Å². The van der Waals surface area contributed by atoms with Crippen molar-refractivity contribution in [2.24, 2.45) is 17.8 Å². The predicted molar refractivity (Wildman–Crippen MR) is 76.8 cm³/mol. The lowest BCUT2D eigenvalue weighted by atomic mass is 9.84. The first kappa shape index (κ1) is 14.1. The molecule has 0 spiro atoms. The molecule has 1 heterocycles. The molecule has 1 aliphatic carbocycles. The van der Waals surface area contributed by atoms with Crippen molar-refractivity contribution in [3.8, 4) is 11.8 Å². The monoisotopic (exact) mass is 266 g/mol. The van der Waals surface area contributed by atoms with E-state index < -0.39 is 8.32 Å². The Labute approximate surface area is 113 Å². The van der Waals surface area contributed by atoms with Crippen LogP contribution >= 0.6 is 0 Å². The average molecular weight is 266 g/mol. The van der Waals surface area contributed by atoms with Crippen molar-refractivity contribution in [1.29, 1.82) is 0 Å². The Balaban J connectivity index is 2.08. The highest BCUT2D eigenvalue weighted by Gasteiger charge is 2.51. The molecule has 3 heteroatoms. The van der Waals surface area contributed by atoms with Gasteiger partial charge in [0.1, 0.15) is 0 Å². The SMILES string of the molecule is CC#CC[C@H]1C[C@H](O[Si](C)(C)C)[C@@H]2OC[C@@H](C)[C@H]12. The lowest BCUT2D eigenvalue weighted by molar-refractivity contribution is 0.0153. The van der Waals surface area contributed by atoms with E-state index >= 15 is 0 Å². The van der Waals surface area contributed by atoms with Gasteiger partial charge in [0.05, 0.1) is 18.8 Å². The fourth-order valence-electron chi connectivity index (χ4n) is 3.51. The minimum atomic E-state index is -1.48. The summed E-state index contributed by atoms with van der Waals surface area (Å²) < 4.78 is 12.3. The van der Waals surface area contributed by atoms with Crippen LogP contribution in [-0.2, 0) is 9.16 Å². The van der Waals surface area contributed by atoms with E-state index in [2.05, 4.69) is 38.4 Å². The minimum absolute atomic E-state index is 0.315. The highest BCUT2D eigenvalue weighted by molar-refractivity contribution is 6.69. The standard InChI is InChI=1S/C15H26O2Si/c1-6-7-8-12-9-13(17-18(3,4)5)15-14(12)11(2)10-16-15/h11-15H,8-10H2,1-5H3/t11-,12+,13+,14-,15+/m1/s1. The van der Waals surface area contributed by atoms with Crippen LogP contribution in [-0.4, -0.2) is 27.1 Å². The third-order valence-electron chi connectivity index (χ3n) is 4.08. The zero-order valence-corrected chi connectivity index (χ0v) is 13.3. The average Bonchev–Trinajstić information content (AvgIpc) is 2.77. The summed E-state index contributed by atoms with van der Waals surface area (Å²) in [4.78, 5) is 0. The molecule has 1 aliphatic heterocycles. The van der Waals surface area contributed by atoms with Gasteiger partial charge in [-0.1, -0.05) is 6.92 Å². The Bertz CT molecular complexity index is 350. The molecule has 2 aliphatic rings. The molecule has 5 atom stereocenters. The Kier molecular flexibility index (Phi) is 4.20. The molecule has 18 heavy (non-hydrogen) atoms. The van der Waals surface area contributed by atoms with Crippen LogP contribution in [0.1, 0.15) is 26.7 Å². The second-order valence-corrected chi connectivity index (χ2v) is 11.2. The number of ether oxygens (including phenoxy) is 1. The zero-order valence-electron chi connectivity index (χ0n) is 12.3. The van der Waals surface area contributed by atoms with Gasteiger partial charge in [0.15, 0.2) is 8.32 Å². The number of hydrogen-bond acceptors (Lipinski definition) is 2.